The Morgan fingerprint density at radius 1 is 1.50 bits per heavy atom. The van der Waals surface area contributed by atoms with Gasteiger partial charge in [-0.3, -0.25) is 4.98 Å². The molecule has 2 aromatic heterocycles. The standard InChI is InChI=1S/C8H11N5O/c1-3-5-10-4(2)6-11-7(9)12-8(14)13(5)6/h3H2,1-2H3,(H3,9,11,12,14). The third kappa shape index (κ3) is 1.07. The van der Waals surface area contributed by atoms with E-state index in [1.165, 1.54) is 4.40 Å². The van der Waals surface area contributed by atoms with Gasteiger partial charge in [-0.25, -0.2) is 14.2 Å². The number of nitrogen functional groups attached to an aromatic ring is 1. The molecule has 0 radical (unpaired) electrons. The molecule has 0 atom stereocenters. The molecule has 74 valence electrons. The molecule has 3 N–H and O–H groups in total. The van der Waals surface area contributed by atoms with Crippen LogP contribution in [0.3, 0.4) is 0 Å². The lowest BCUT2D eigenvalue weighted by Gasteiger charge is -1.97. The number of aryl methyl sites for hydroxylation is 2. The number of aromatic amines is 1. The van der Waals surface area contributed by atoms with E-state index in [4.69, 9.17) is 5.73 Å². The summed E-state index contributed by atoms with van der Waals surface area (Å²) in [5, 5.41) is 0. The van der Waals surface area contributed by atoms with Crippen LogP contribution in [-0.4, -0.2) is 19.4 Å². The molecule has 0 fully saturated rings. The molecular formula is C8H11N5O. The molecule has 0 saturated heterocycles. The van der Waals surface area contributed by atoms with Crippen LogP contribution in [0, 0.1) is 6.92 Å². The predicted octanol–water partition coefficient (Wildman–Crippen LogP) is -0.129. The van der Waals surface area contributed by atoms with E-state index in [0.717, 1.165) is 5.69 Å². The maximum absolute atomic E-state index is 11.5. The normalized spacial score (nSPS) is 11.0. The maximum atomic E-state index is 11.5. The van der Waals surface area contributed by atoms with Crippen LogP contribution in [0.15, 0.2) is 4.79 Å². The van der Waals surface area contributed by atoms with Crippen LogP contribution in [0.2, 0.25) is 0 Å². The summed E-state index contributed by atoms with van der Waals surface area (Å²) in [6, 6.07) is 0. The van der Waals surface area contributed by atoms with Crippen molar-refractivity contribution in [1.29, 1.82) is 0 Å². The number of anilines is 1. The molecule has 0 aliphatic rings. The van der Waals surface area contributed by atoms with E-state index in [0.29, 0.717) is 17.9 Å². The number of hydrogen-bond donors (Lipinski definition) is 2. The van der Waals surface area contributed by atoms with Gasteiger partial charge in [0.2, 0.25) is 5.95 Å². The van der Waals surface area contributed by atoms with Crippen molar-refractivity contribution in [2.24, 2.45) is 0 Å². The largest absolute Gasteiger partial charge is 0.369 e. The number of fused-ring (bicyclic) bond motifs is 1. The SMILES string of the molecule is CCc1nc(C)c2nc(N)[nH]c(=O)n12. The monoisotopic (exact) mass is 193 g/mol. The van der Waals surface area contributed by atoms with E-state index < -0.39 is 0 Å². The number of hydrogen-bond acceptors (Lipinski definition) is 4. The molecule has 0 spiro atoms. The Labute approximate surface area is 79.8 Å². The molecule has 2 rings (SSSR count). The number of nitrogens with one attached hydrogen (secondary N) is 1. The van der Waals surface area contributed by atoms with E-state index >= 15 is 0 Å². The van der Waals surface area contributed by atoms with Crippen molar-refractivity contribution >= 4 is 11.6 Å². The van der Waals surface area contributed by atoms with Gasteiger partial charge < -0.3 is 5.73 Å². The highest BCUT2D eigenvalue weighted by molar-refractivity contribution is 5.46. The van der Waals surface area contributed by atoms with Crippen molar-refractivity contribution in [2.75, 3.05) is 5.73 Å². The first kappa shape index (κ1) is 8.74. The summed E-state index contributed by atoms with van der Waals surface area (Å²) in [7, 11) is 0. The molecule has 2 aromatic rings. The van der Waals surface area contributed by atoms with Crippen LogP contribution in [0.4, 0.5) is 5.95 Å². The van der Waals surface area contributed by atoms with Gasteiger partial charge in [-0.1, -0.05) is 6.92 Å². The van der Waals surface area contributed by atoms with Crippen molar-refractivity contribution in [2.45, 2.75) is 20.3 Å². The Morgan fingerprint density at radius 2 is 2.21 bits per heavy atom. The predicted molar refractivity (Wildman–Crippen MR) is 52.1 cm³/mol. The van der Waals surface area contributed by atoms with Gasteiger partial charge in [0, 0.05) is 6.42 Å². The summed E-state index contributed by atoms with van der Waals surface area (Å²) in [5.41, 5.74) is 6.40. The van der Waals surface area contributed by atoms with Gasteiger partial charge in [0.1, 0.15) is 5.82 Å². The fourth-order valence-corrected chi connectivity index (χ4v) is 1.47. The number of rotatable bonds is 1. The number of imidazole rings is 1. The Kier molecular flexibility index (Phi) is 1.77. The summed E-state index contributed by atoms with van der Waals surface area (Å²) in [6.45, 7) is 3.74. The van der Waals surface area contributed by atoms with Gasteiger partial charge in [0.15, 0.2) is 5.65 Å². The minimum absolute atomic E-state index is 0.119. The molecule has 0 aromatic carbocycles. The van der Waals surface area contributed by atoms with Crippen molar-refractivity contribution in [3.05, 3.63) is 22.0 Å². The van der Waals surface area contributed by atoms with Gasteiger partial charge in [0.25, 0.3) is 0 Å². The Balaban J connectivity index is 2.97. The third-order valence-electron chi connectivity index (χ3n) is 2.07. The van der Waals surface area contributed by atoms with Crippen LogP contribution >= 0.6 is 0 Å². The minimum Gasteiger partial charge on any atom is -0.369 e. The topological polar surface area (TPSA) is 89.1 Å². The third-order valence-corrected chi connectivity index (χ3v) is 2.07. The highest BCUT2D eigenvalue weighted by Crippen LogP contribution is 2.07. The van der Waals surface area contributed by atoms with Gasteiger partial charge in [-0.15, -0.1) is 0 Å². The average Bonchev–Trinajstić information content (AvgIpc) is 2.43. The van der Waals surface area contributed by atoms with Gasteiger partial charge in [-0.2, -0.15) is 4.98 Å². The van der Waals surface area contributed by atoms with Gasteiger partial charge in [-0.05, 0) is 6.92 Å². The van der Waals surface area contributed by atoms with Crippen molar-refractivity contribution in [3.8, 4) is 0 Å². The van der Waals surface area contributed by atoms with E-state index in [2.05, 4.69) is 15.0 Å². The van der Waals surface area contributed by atoms with Crippen LogP contribution < -0.4 is 11.4 Å². The number of nitrogens with zero attached hydrogens (tertiary/aromatic N) is 3. The number of nitrogens with two attached hydrogens (primary N) is 1. The zero-order valence-corrected chi connectivity index (χ0v) is 8.03. The first-order valence-corrected chi connectivity index (χ1v) is 4.37. The summed E-state index contributed by atoms with van der Waals surface area (Å²) >= 11 is 0. The second-order valence-electron chi connectivity index (χ2n) is 3.05. The lowest BCUT2D eigenvalue weighted by molar-refractivity contribution is 0.864. The fourth-order valence-electron chi connectivity index (χ4n) is 1.47. The van der Waals surface area contributed by atoms with Crippen LogP contribution in [0.1, 0.15) is 18.4 Å². The van der Waals surface area contributed by atoms with Crippen LogP contribution in [0.25, 0.3) is 5.65 Å². The van der Waals surface area contributed by atoms with Crippen molar-refractivity contribution in [3.63, 3.8) is 0 Å². The molecule has 6 nitrogen and oxygen atoms in total. The molecule has 0 amide bonds. The van der Waals surface area contributed by atoms with Gasteiger partial charge in [0.05, 0.1) is 5.69 Å². The van der Waals surface area contributed by atoms with Crippen molar-refractivity contribution < 1.29 is 0 Å². The molecule has 6 heteroatoms. The first-order valence-electron chi connectivity index (χ1n) is 4.37. The highest BCUT2D eigenvalue weighted by atomic mass is 16.1. The Hall–Kier alpha value is -1.85. The average molecular weight is 193 g/mol. The summed E-state index contributed by atoms with van der Waals surface area (Å²) in [6.07, 6.45) is 0.684. The quantitative estimate of drug-likeness (QED) is 0.660. The van der Waals surface area contributed by atoms with E-state index in [1.54, 1.807) is 6.92 Å². The lowest BCUT2D eigenvalue weighted by Crippen LogP contribution is -2.20. The maximum Gasteiger partial charge on any atom is 0.335 e. The molecule has 0 saturated carbocycles. The second kappa shape index (κ2) is 2.83. The first-order chi connectivity index (χ1) is 6.63. The number of aromatic nitrogens is 4. The molecule has 0 aliphatic carbocycles. The lowest BCUT2D eigenvalue weighted by atomic mass is 10.5. The molecular weight excluding hydrogens is 182 g/mol. The molecule has 0 bridgehead atoms. The molecule has 2 heterocycles. The van der Waals surface area contributed by atoms with E-state index in [1.807, 2.05) is 6.92 Å². The zero-order valence-electron chi connectivity index (χ0n) is 8.03. The second-order valence-corrected chi connectivity index (χ2v) is 3.05. The minimum atomic E-state index is -0.287. The Morgan fingerprint density at radius 3 is 2.86 bits per heavy atom. The summed E-state index contributed by atoms with van der Waals surface area (Å²) < 4.78 is 1.45. The fraction of sp³-hybridized carbons (Fsp3) is 0.375. The smallest absolute Gasteiger partial charge is 0.335 e. The zero-order chi connectivity index (χ0) is 10.3. The Bertz CT molecular complexity index is 538. The highest BCUT2D eigenvalue weighted by Gasteiger charge is 2.10. The molecule has 0 aliphatic heterocycles. The van der Waals surface area contributed by atoms with E-state index in [9.17, 15) is 4.79 Å². The van der Waals surface area contributed by atoms with Crippen LogP contribution in [-0.2, 0) is 6.42 Å². The number of H-pyrrole nitrogens is 1. The van der Waals surface area contributed by atoms with Crippen LogP contribution in [0.5, 0.6) is 0 Å². The van der Waals surface area contributed by atoms with Crippen molar-refractivity contribution in [1.82, 2.24) is 19.4 Å². The molecule has 14 heavy (non-hydrogen) atoms. The molecule has 0 unspecified atom stereocenters. The van der Waals surface area contributed by atoms with Gasteiger partial charge >= 0.3 is 5.69 Å². The summed E-state index contributed by atoms with van der Waals surface area (Å²) in [4.78, 5) is 22.2. The summed E-state index contributed by atoms with van der Waals surface area (Å²) in [5.74, 6) is 0.819. The van der Waals surface area contributed by atoms with E-state index in [-0.39, 0.29) is 11.6 Å².